The summed E-state index contributed by atoms with van der Waals surface area (Å²) in [6.45, 7) is 1.07. The van der Waals surface area contributed by atoms with Gasteiger partial charge in [0.1, 0.15) is 11.6 Å². The summed E-state index contributed by atoms with van der Waals surface area (Å²) >= 11 is 3.14. The molecule has 104 valence electrons. The lowest BCUT2D eigenvalue weighted by atomic mass is 9.97. The highest BCUT2D eigenvalue weighted by molar-refractivity contribution is 9.10. The molecule has 1 atom stereocenters. The molecule has 1 N–H and O–H groups in total. The number of carbonyl (C=O) groups excluding carboxylic acids is 1. The first-order chi connectivity index (χ1) is 9.15. The van der Waals surface area contributed by atoms with E-state index in [1.807, 2.05) is 0 Å². The number of benzene rings is 1. The Kier molecular flexibility index (Phi) is 5.52. The first-order valence-corrected chi connectivity index (χ1v) is 7.63. The summed E-state index contributed by atoms with van der Waals surface area (Å²) in [7, 11) is 0. The van der Waals surface area contributed by atoms with E-state index in [-0.39, 0.29) is 11.6 Å². The van der Waals surface area contributed by atoms with E-state index in [4.69, 9.17) is 0 Å². The van der Waals surface area contributed by atoms with Crippen molar-refractivity contribution >= 4 is 21.7 Å². The van der Waals surface area contributed by atoms with Crippen molar-refractivity contribution in [1.82, 2.24) is 5.32 Å². The predicted molar refractivity (Wildman–Crippen MR) is 77.7 cm³/mol. The molecule has 4 heteroatoms. The normalized spacial score (nSPS) is 19.4. The van der Waals surface area contributed by atoms with Crippen LogP contribution in [0.3, 0.4) is 0 Å². The van der Waals surface area contributed by atoms with Crippen molar-refractivity contribution in [3.05, 3.63) is 34.1 Å². The molecule has 1 aliphatic heterocycles. The van der Waals surface area contributed by atoms with Crippen molar-refractivity contribution in [2.24, 2.45) is 0 Å². The van der Waals surface area contributed by atoms with Crippen LogP contribution in [0.15, 0.2) is 22.7 Å². The lowest BCUT2D eigenvalue weighted by Crippen LogP contribution is -2.34. The summed E-state index contributed by atoms with van der Waals surface area (Å²) in [5.74, 6) is -0.0616. The molecule has 19 heavy (non-hydrogen) atoms. The Balaban J connectivity index is 1.78. The molecule has 0 amide bonds. The van der Waals surface area contributed by atoms with Gasteiger partial charge >= 0.3 is 0 Å². The second-order valence-electron chi connectivity index (χ2n) is 5.15. The molecule has 1 unspecified atom stereocenters. The molecule has 1 aliphatic rings. The van der Waals surface area contributed by atoms with Crippen molar-refractivity contribution in [2.45, 2.75) is 44.6 Å². The summed E-state index contributed by atoms with van der Waals surface area (Å²) in [6, 6.07) is 5.26. The van der Waals surface area contributed by atoms with Crippen LogP contribution in [0.4, 0.5) is 4.39 Å². The third kappa shape index (κ3) is 4.69. The highest BCUT2D eigenvalue weighted by Crippen LogP contribution is 2.18. The van der Waals surface area contributed by atoms with E-state index in [1.165, 1.54) is 25.3 Å². The van der Waals surface area contributed by atoms with Gasteiger partial charge in [-0.15, -0.1) is 0 Å². The van der Waals surface area contributed by atoms with Crippen LogP contribution in [0.2, 0.25) is 0 Å². The zero-order valence-electron chi connectivity index (χ0n) is 10.9. The molecule has 0 aromatic heterocycles. The molecular formula is C15H19BrFNO. The smallest absolute Gasteiger partial charge is 0.137 e. The fourth-order valence-electron chi connectivity index (χ4n) is 2.47. The highest BCUT2D eigenvalue weighted by atomic mass is 79.9. The summed E-state index contributed by atoms with van der Waals surface area (Å²) in [4.78, 5) is 11.9. The molecule has 2 rings (SSSR count). The summed E-state index contributed by atoms with van der Waals surface area (Å²) < 4.78 is 13.5. The number of carbonyl (C=O) groups is 1. The van der Waals surface area contributed by atoms with E-state index in [0.717, 1.165) is 18.5 Å². The Hall–Kier alpha value is -0.740. The highest BCUT2D eigenvalue weighted by Gasteiger charge is 2.14. The van der Waals surface area contributed by atoms with Gasteiger partial charge in [0.2, 0.25) is 0 Å². The Morgan fingerprint density at radius 2 is 2.26 bits per heavy atom. The largest absolute Gasteiger partial charge is 0.314 e. The maximum Gasteiger partial charge on any atom is 0.137 e. The predicted octanol–water partition coefficient (Wildman–Crippen LogP) is 3.62. The molecular weight excluding hydrogens is 309 g/mol. The molecule has 0 aliphatic carbocycles. The van der Waals surface area contributed by atoms with Crippen LogP contribution in [0.1, 0.15) is 37.7 Å². The van der Waals surface area contributed by atoms with Crippen LogP contribution in [-0.2, 0) is 11.2 Å². The second-order valence-corrected chi connectivity index (χ2v) is 6.00. The number of rotatable bonds is 5. The van der Waals surface area contributed by atoms with E-state index in [0.29, 0.717) is 23.4 Å². The fourth-order valence-corrected chi connectivity index (χ4v) is 2.90. The first-order valence-electron chi connectivity index (χ1n) is 6.84. The van der Waals surface area contributed by atoms with E-state index < -0.39 is 0 Å². The van der Waals surface area contributed by atoms with Gasteiger partial charge in [0.15, 0.2) is 0 Å². The Morgan fingerprint density at radius 3 is 2.95 bits per heavy atom. The third-order valence-corrected chi connectivity index (χ3v) is 4.18. The van der Waals surface area contributed by atoms with Crippen LogP contribution in [-0.4, -0.2) is 18.4 Å². The first kappa shape index (κ1) is 14.7. The molecule has 1 fully saturated rings. The van der Waals surface area contributed by atoms with E-state index >= 15 is 0 Å². The number of hydrogen-bond acceptors (Lipinski definition) is 2. The molecule has 1 aromatic rings. The number of halogens is 2. The average molecular weight is 328 g/mol. The van der Waals surface area contributed by atoms with Gasteiger partial charge in [-0.3, -0.25) is 4.79 Å². The molecule has 1 aromatic carbocycles. The van der Waals surface area contributed by atoms with Crippen molar-refractivity contribution in [2.75, 3.05) is 6.54 Å². The van der Waals surface area contributed by atoms with Gasteiger partial charge in [-0.25, -0.2) is 4.39 Å². The second kappa shape index (κ2) is 7.15. The summed E-state index contributed by atoms with van der Waals surface area (Å²) in [6.07, 6.45) is 5.60. The topological polar surface area (TPSA) is 29.1 Å². The van der Waals surface area contributed by atoms with Crippen LogP contribution < -0.4 is 5.32 Å². The maximum absolute atomic E-state index is 13.1. The van der Waals surface area contributed by atoms with Crippen LogP contribution in [0, 0.1) is 5.82 Å². The van der Waals surface area contributed by atoms with Crippen molar-refractivity contribution < 1.29 is 9.18 Å². The fraction of sp³-hybridized carbons (Fsp3) is 0.533. The SMILES string of the molecule is O=C(CCC1CCCCN1)Cc1ccc(F)c(Br)c1. The molecule has 2 nitrogen and oxygen atoms in total. The van der Waals surface area contributed by atoms with Gasteiger partial charge in [-0.05, 0) is 59.4 Å². The van der Waals surface area contributed by atoms with Gasteiger partial charge in [-0.2, -0.15) is 0 Å². The maximum atomic E-state index is 13.1. The van der Waals surface area contributed by atoms with Crippen LogP contribution in [0.25, 0.3) is 0 Å². The van der Waals surface area contributed by atoms with E-state index in [1.54, 1.807) is 12.1 Å². The number of piperidine rings is 1. The van der Waals surface area contributed by atoms with Gasteiger partial charge in [0, 0.05) is 18.9 Å². The molecule has 0 spiro atoms. The standard InChI is InChI=1S/C15H19BrFNO/c16-14-10-11(4-7-15(14)17)9-13(19)6-5-12-3-1-2-8-18-12/h4,7,10,12,18H,1-3,5-6,8-9H2. The number of nitrogens with one attached hydrogen (secondary N) is 1. The van der Waals surface area contributed by atoms with Crippen LogP contribution in [0.5, 0.6) is 0 Å². The quantitative estimate of drug-likeness (QED) is 0.894. The average Bonchev–Trinajstić information content (AvgIpc) is 2.42. The van der Waals surface area contributed by atoms with Gasteiger partial charge in [-0.1, -0.05) is 12.5 Å². The van der Waals surface area contributed by atoms with Gasteiger partial charge < -0.3 is 5.32 Å². The molecule has 1 saturated heterocycles. The Morgan fingerprint density at radius 1 is 1.42 bits per heavy atom. The lowest BCUT2D eigenvalue weighted by molar-refractivity contribution is -0.118. The monoisotopic (exact) mass is 327 g/mol. The van der Waals surface area contributed by atoms with Gasteiger partial charge in [0.25, 0.3) is 0 Å². The Bertz CT molecular complexity index is 444. The molecule has 1 heterocycles. The van der Waals surface area contributed by atoms with Crippen molar-refractivity contribution in [1.29, 1.82) is 0 Å². The third-order valence-electron chi connectivity index (χ3n) is 3.57. The minimum Gasteiger partial charge on any atom is -0.314 e. The van der Waals surface area contributed by atoms with Crippen LogP contribution >= 0.6 is 15.9 Å². The van der Waals surface area contributed by atoms with E-state index in [2.05, 4.69) is 21.2 Å². The van der Waals surface area contributed by atoms with Gasteiger partial charge in [0.05, 0.1) is 4.47 Å². The lowest BCUT2D eigenvalue weighted by Gasteiger charge is -2.22. The molecule has 0 bridgehead atoms. The number of ketones is 1. The molecule has 0 saturated carbocycles. The van der Waals surface area contributed by atoms with E-state index in [9.17, 15) is 9.18 Å². The van der Waals surface area contributed by atoms with Crippen molar-refractivity contribution in [3.63, 3.8) is 0 Å². The number of hydrogen-bond donors (Lipinski definition) is 1. The minimum atomic E-state index is -0.289. The summed E-state index contributed by atoms with van der Waals surface area (Å²) in [5.41, 5.74) is 0.870. The minimum absolute atomic E-state index is 0.228. The zero-order valence-corrected chi connectivity index (χ0v) is 12.5. The van der Waals surface area contributed by atoms with Crippen molar-refractivity contribution in [3.8, 4) is 0 Å². The Labute approximate surface area is 121 Å². The summed E-state index contributed by atoms with van der Waals surface area (Å²) in [5, 5.41) is 3.45. The number of Topliss-reactive ketones (excluding diaryl/α,β-unsaturated/α-hetero) is 1. The zero-order chi connectivity index (χ0) is 13.7. The molecule has 0 radical (unpaired) electrons.